The lowest BCUT2D eigenvalue weighted by molar-refractivity contribution is -0.141. The Morgan fingerprint density at radius 3 is 2.67 bits per heavy atom. The van der Waals surface area contributed by atoms with Gasteiger partial charge in [0.1, 0.15) is 12.4 Å². The fourth-order valence-electron chi connectivity index (χ4n) is 1.19. The van der Waals surface area contributed by atoms with E-state index in [4.69, 9.17) is 5.73 Å². The molecule has 100 valence electrons. The van der Waals surface area contributed by atoms with Gasteiger partial charge in [-0.05, 0) is 25.1 Å². The molecule has 3 N–H and O–H groups in total. The summed E-state index contributed by atoms with van der Waals surface area (Å²) in [5.41, 5.74) is 5.31. The first-order chi connectivity index (χ1) is 8.35. The minimum atomic E-state index is -3.99. The molecule has 8 heteroatoms. The third-order valence-corrected chi connectivity index (χ3v) is 3.30. The van der Waals surface area contributed by atoms with E-state index < -0.39 is 28.4 Å². The van der Waals surface area contributed by atoms with Crippen LogP contribution in [0.2, 0.25) is 0 Å². The van der Waals surface area contributed by atoms with Gasteiger partial charge >= 0.3 is 5.97 Å². The summed E-state index contributed by atoms with van der Waals surface area (Å²) in [7, 11) is -3.99. The van der Waals surface area contributed by atoms with E-state index in [1.54, 1.807) is 6.92 Å². The number of carbonyl (C=O) groups excluding carboxylic acids is 1. The molecule has 1 aromatic rings. The van der Waals surface area contributed by atoms with Gasteiger partial charge in [0, 0.05) is 5.69 Å². The van der Waals surface area contributed by atoms with Gasteiger partial charge in [0.15, 0.2) is 0 Å². The summed E-state index contributed by atoms with van der Waals surface area (Å²) in [5, 5.41) is 0. The van der Waals surface area contributed by atoms with Gasteiger partial charge in [-0.15, -0.1) is 0 Å². The predicted octanol–water partition coefficient (Wildman–Crippen LogP) is 0.249. The second-order valence-corrected chi connectivity index (χ2v) is 5.12. The molecular weight excluding hydrogens is 263 g/mol. The Morgan fingerprint density at radius 2 is 2.11 bits per heavy atom. The number of hydrogen-bond donors (Lipinski definition) is 2. The highest BCUT2D eigenvalue weighted by Gasteiger charge is 2.17. The number of sulfonamides is 1. The molecule has 0 aliphatic rings. The first kappa shape index (κ1) is 14.4. The fraction of sp³-hybridized carbons (Fsp3) is 0.300. The molecule has 0 fully saturated rings. The van der Waals surface area contributed by atoms with E-state index in [-0.39, 0.29) is 17.2 Å². The van der Waals surface area contributed by atoms with E-state index in [0.717, 1.165) is 18.2 Å². The van der Waals surface area contributed by atoms with Gasteiger partial charge in [-0.2, -0.15) is 4.72 Å². The van der Waals surface area contributed by atoms with E-state index in [2.05, 4.69) is 4.74 Å². The maximum Gasteiger partial charge on any atom is 0.321 e. The summed E-state index contributed by atoms with van der Waals surface area (Å²) in [6, 6.07) is 2.89. The molecule has 0 amide bonds. The zero-order valence-corrected chi connectivity index (χ0v) is 10.5. The van der Waals surface area contributed by atoms with Crippen molar-refractivity contribution in [1.29, 1.82) is 0 Å². The predicted molar refractivity (Wildman–Crippen MR) is 62.6 cm³/mol. The van der Waals surface area contributed by atoms with Crippen LogP contribution in [-0.2, 0) is 19.6 Å². The Bertz CT molecular complexity index is 525. The monoisotopic (exact) mass is 276 g/mol. The van der Waals surface area contributed by atoms with Gasteiger partial charge in [-0.3, -0.25) is 4.79 Å². The normalized spacial score (nSPS) is 11.2. The Hall–Kier alpha value is -1.67. The Balaban J connectivity index is 2.83. The van der Waals surface area contributed by atoms with E-state index in [1.165, 1.54) is 0 Å². The van der Waals surface area contributed by atoms with Crippen LogP contribution in [0, 0.1) is 5.82 Å². The molecule has 6 nitrogen and oxygen atoms in total. The van der Waals surface area contributed by atoms with Gasteiger partial charge in [0.05, 0.1) is 11.5 Å². The Labute approximate surface area is 104 Å². The number of esters is 1. The van der Waals surface area contributed by atoms with Crippen molar-refractivity contribution in [3.8, 4) is 0 Å². The molecule has 1 rings (SSSR count). The van der Waals surface area contributed by atoms with Crippen molar-refractivity contribution in [3.63, 3.8) is 0 Å². The van der Waals surface area contributed by atoms with Gasteiger partial charge < -0.3 is 10.5 Å². The summed E-state index contributed by atoms with van der Waals surface area (Å²) < 4.78 is 43.0. The largest absolute Gasteiger partial charge is 0.465 e. The van der Waals surface area contributed by atoms with Crippen molar-refractivity contribution < 1.29 is 22.3 Å². The number of halogens is 1. The highest BCUT2D eigenvalue weighted by molar-refractivity contribution is 7.89. The summed E-state index contributed by atoms with van der Waals surface area (Å²) in [6.07, 6.45) is 0. The second kappa shape index (κ2) is 5.78. The van der Waals surface area contributed by atoms with Crippen LogP contribution < -0.4 is 10.5 Å². The molecule has 0 atom stereocenters. The smallest absolute Gasteiger partial charge is 0.321 e. The topological polar surface area (TPSA) is 98.5 Å². The molecule has 0 heterocycles. The van der Waals surface area contributed by atoms with Gasteiger partial charge in [0.25, 0.3) is 0 Å². The Morgan fingerprint density at radius 1 is 1.44 bits per heavy atom. The maximum absolute atomic E-state index is 13.0. The number of anilines is 1. The second-order valence-electron chi connectivity index (χ2n) is 3.35. The average Bonchev–Trinajstić information content (AvgIpc) is 2.26. The molecule has 0 spiro atoms. The van der Waals surface area contributed by atoms with Crippen molar-refractivity contribution in [1.82, 2.24) is 4.72 Å². The number of nitrogens with one attached hydrogen (secondary N) is 1. The molecule has 0 saturated heterocycles. The number of nitrogen functional groups attached to an aromatic ring is 1. The lowest BCUT2D eigenvalue weighted by Crippen LogP contribution is -2.30. The van der Waals surface area contributed by atoms with Crippen LogP contribution in [0.15, 0.2) is 23.1 Å². The summed E-state index contributed by atoms with van der Waals surface area (Å²) in [6.45, 7) is 1.22. The van der Waals surface area contributed by atoms with Crippen LogP contribution >= 0.6 is 0 Å². The van der Waals surface area contributed by atoms with E-state index in [9.17, 15) is 17.6 Å². The third kappa shape index (κ3) is 3.97. The number of rotatable bonds is 5. The number of hydrogen-bond acceptors (Lipinski definition) is 5. The standard InChI is InChI=1S/C10H13FN2O4S/c1-2-17-10(14)6-13-18(15,16)9-4-7(11)3-8(12)5-9/h3-5,13H,2,6,12H2,1H3. The zero-order valence-electron chi connectivity index (χ0n) is 9.64. The summed E-state index contributed by atoms with van der Waals surface area (Å²) in [4.78, 5) is 10.7. The lowest BCUT2D eigenvalue weighted by atomic mass is 10.3. The highest BCUT2D eigenvalue weighted by atomic mass is 32.2. The van der Waals surface area contributed by atoms with Gasteiger partial charge in [0.2, 0.25) is 10.0 Å². The molecule has 18 heavy (non-hydrogen) atoms. The summed E-state index contributed by atoms with van der Waals surface area (Å²) in [5.74, 6) is -1.49. The summed E-state index contributed by atoms with van der Waals surface area (Å²) >= 11 is 0. The van der Waals surface area contributed by atoms with E-state index in [1.807, 2.05) is 4.72 Å². The van der Waals surface area contributed by atoms with E-state index >= 15 is 0 Å². The quantitative estimate of drug-likeness (QED) is 0.593. The minimum Gasteiger partial charge on any atom is -0.465 e. The molecule has 0 aliphatic heterocycles. The Kier molecular flexibility index (Phi) is 4.62. The molecule has 0 aliphatic carbocycles. The van der Waals surface area contributed by atoms with Crippen LogP contribution in [0.4, 0.5) is 10.1 Å². The van der Waals surface area contributed by atoms with E-state index in [0.29, 0.717) is 0 Å². The third-order valence-electron chi connectivity index (χ3n) is 1.92. The molecule has 0 bridgehead atoms. The van der Waals surface area contributed by atoms with Crippen LogP contribution in [0.25, 0.3) is 0 Å². The lowest BCUT2D eigenvalue weighted by Gasteiger charge is -2.07. The molecular formula is C10H13FN2O4S. The van der Waals surface area contributed by atoms with Crippen LogP contribution in [0.5, 0.6) is 0 Å². The zero-order chi connectivity index (χ0) is 13.8. The molecule has 0 aromatic heterocycles. The van der Waals surface area contributed by atoms with Crippen LogP contribution in [0.1, 0.15) is 6.92 Å². The van der Waals surface area contributed by atoms with Crippen molar-refractivity contribution in [3.05, 3.63) is 24.0 Å². The van der Waals surface area contributed by atoms with Crippen molar-refractivity contribution in [2.75, 3.05) is 18.9 Å². The van der Waals surface area contributed by atoms with Crippen LogP contribution in [-0.4, -0.2) is 27.5 Å². The van der Waals surface area contributed by atoms with Gasteiger partial charge in [-0.25, -0.2) is 12.8 Å². The number of ether oxygens (including phenoxy) is 1. The maximum atomic E-state index is 13.0. The number of nitrogens with two attached hydrogens (primary N) is 1. The highest BCUT2D eigenvalue weighted by Crippen LogP contribution is 2.15. The first-order valence-corrected chi connectivity index (χ1v) is 6.55. The SMILES string of the molecule is CCOC(=O)CNS(=O)(=O)c1cc(N)cc(F)c1. The first-order valence-electron chi connectivity index (χ1n) is 5.06. The fourth-order valence-corrected chi connectivity index (χ4v) is 2.22. The number of benzene rings is 1. The van der Waals surface area contributed by atoms with Crippen LogP contribution in [0.3, 0.4) is 0 Å². The van der Waals surface area contributed by atoms with Gasteiger partial charge in [-0.1, -0.05) is 0 Å². The molecule has 0 saturated carbocycles. The average molecular weight is 276 g/mol. The minimum absolute atomic E-state index is 0.0218. The number of carbonyl (C=O) groups is 1. The van der Waals surface area contributed by atoms with Crippen molar-refractivity contribution in [2.24, 2.45) is 0 Å². The van der Waals surface area contributed by atoms with Crippen molar-refractivity contribution >= 4 is 21.7 Å². The van der Waals surface area contributed by atoms with Crippen molar-refractivity contribution in [2.45, 2.75) is 11.8 Å². The molecule has 0 unspecified atom stereocenters. The molecule has 1 aromatic carbocycles. The molecule has 0 radical (unpaired) electrons.